The van der Waals surface area contributed by atoms with Gasteiger partial charge in [-0.15, -0.1) is 0 Å². The maximum atomic E-state index is 4.97. The van der Waals surface area contributed by atoms with Crippen LogP contribution in [0.2, 0.25) is 0 Å². The van der Waals surface area contributed by atoms with Crippen LogP contribution in [0.3, 0.4) is 0 Å². The standard InChI is InChI=1S/ClH.Ga.Na.S.H/h1H;;;;/q;2*+1;;-1/p-1. The molecule has 0 fully saturated rings. The van der Waals surface area contributed by atoms with Crippen LogP contribution in [0.15, 0.2) is 0 Å². The van der Waals surface area contributed by atoms with E-state index in [9.17, 15) is 0 Å². The summed E-state index contributed by atoms with van der Waals surface area (Å²) in [6.07, 6.45) is 0. The fourth-order valence-electron chi connectivity index (χ4n) is 0. The molecule has 0 aromatic heterocycles. The van der Waals surface area contributed by atoms with E-state index in [-0.39, 0.29) is 31.0 Å². The van der Waals surface area contributed by atoms with Gasteiger partial charge < -0.3 is 1.43 Å². The van der Waals surface area contributed by atoms with Gasteiger partial charge in [-0.2, -0.15) is 0 Å². The average Bonchev–Trinajstić information content (AvgIpc) is 0.918. The molecule has 0 unspecified atom stereocenters. The zero-order valence-corrected chi connectivity index (χ0v) is 8.36. The Morgan fingerprint density at radius 1 is 2.00 bits per heavy atom. The van der Waals surface area contributed by atoms with E-state index in [4.69, 9.17) is 9.64 Å². The maximum absolute atomic E-state index is 4.97. The van der Waals surface area contributed by atoms with Crippen LogP contribution in [0.25, 0.3) is 0 Å². The number of rotatable bonds is 0. The van der Waals surface area contributed by atoms with Crippen LogP contribution >= 0.6 is 19.7 Å². The van der Waals surface area contributed by atoms with Gasteiger partial charge in [0.25, 0.3) is 0 Å². The number of hydrogen-bond donors (Lipinski definition) is 0. The summed E-state index contributed by atoms with van der Waals surface area (Å²) < 4.78 is 0. The molecule has 0 aliphatic carbocycles. The third-order valence-corrected chi connectivity index (χ3v) is 0. The number of hydrogen-bond acceptors (Lipinski definition) is 1. The van der Waals surface area contributed by atoms with Crippen LogP contribution in [0.4, 0.5) is 0 Å². The predicted octanol–water partition coefficient (Wildman–Crippen LogP) is -1.93. The van der Waals surface area contributed by atoms with Crippen molar-refractivity contribution in [2.24, 2.45) is 0 Å². The third-order valence-electron chi connectivity index (χ3n) is 0. The summed E-state index contributed by atoms with van der Waals surface area (Å²) in [5.41, 5.74) is 0. The first kappa shape index (κ1) is 9.47. The van der Waals surface area contributed by atoms with E-state index in [0.717, 1.165) is 0 Å². The predicted molar refractivity (Wildman–Crippen MR) is 20.3 cm³/mol. The minimum absolute atomic E-state index is 0. The third kappa shape index (κ3) is 8.91. The van der Waals surface area contributed by atoms with Gasteiger partial charge in [-0.1, -0.05) is 0 Å². The minimum atomic E-state index is -0.632. The quantitative estimate of drug-likeness (QED) is 0.373. The summed E-state index contributed by atoms with van der Waals surface area (Å²) in [4.78, 5) is 0. The molecule has 0 amide bonds. The zero-order chi connectivity index (χ0) is 2.71. The van der Waals surface area contributed by atoms with Crippen molar-refractivity contribution >= 4 is 34.3 Å². The fourth-order valence-corrected chi connectivity index (χ4v) is 0. The van der Waals surface area contributed by atoms with Crippen LogP contribution < -0.4 is 29.6 Å². The van der Waals surface area contributed by atoms with Crippen molar-refractivity contribution in [3.63, 3.8) is 0 Å². The van der Waals surface area contributed by atoms with Crippen molar-refractivity contribution in [3.05, 3.63) is 0 Å². The molecule has 0 aliphatic rings. The Bertz CT molecular complexity index is 19.1. The van der Waals surface area contributed by atoms with Crippen molar-refractivity contribution in [1.29, 1.82) is 0 Å². The molecule has 0 saturated carbocycles. The van der Waals surface area contributed by atoms with Gasteiger partial charge in [0.2, 0.25) is 0 Å². The van der Waals surface area contributed by atoms with Crippen molar-refractivity contribution in [2.45, 2.75) is 0 Å². The molecule has 0 aromatic rings. The Hall–Kier alpha value is 2.15. The first-order valence-electron chi connectivity index (χ1n) is 0.454. The summed E-state index contributed by atoms with van der Waals surface area (Å²) in [5, 5.41) is 0. The molecule has 0 aromatic carbocycles. The topological polar surface area (TPSA) is 0 Å². The van der Waals surface area contributed by atoms with Crippen LogP contribution in [0.1, 0.15) is 1.43 Å². The van der Waals surface area contributed by atoms with Gasteiger partial charge in [0.05, 0.1) is 0 Å². The van der Waals surface area contributed by atoms with Gasteiger partial charge in [-0.05, 0) is 0 Å². The molecule has 0 heterocycles. The average molecular weight is 161 g/mol. The van der Waals surface area contributed by atoms with Gasteiger partial charge in [0.15, 0.2) is 0 Å². The monoisotopic (exact) mass is 160 g/mol. The summed E-state index contributed by atoms with van der Waals surface area (Å²) in [7, 11) is 9.28. The Morgan fingerprint density at radius 2 is 2.00 bits per heavy atom. The molecular weight excluding hydrogens is 160 g/mol. The van der Waals surface area contributed by atoms with Crippen LogP contribution in [-0.2, 0) is 0 Å². The summed E-state index contributed by atoms with van der Waals surface area (Å²) in [6, 6.07) is 0. The normalized spacial score (nSPS) is 2.25. The van der Waals surface area contributed by atoms with E-state index in [1.807, 2.05) is 0 Å². The van der Waals surface area contributed by atoms with Crippen LogP contribution in [-0.4, -0.2) is 14.6 Å². The van der Waals surface area contributed by atoms with Crippen molar-refractivity contribution in [1.82, 2.24) is 0 Å². The summed E-state index contributed by atoms with van der Waals surface area (Å²) in [5.74, 6) is 0. The van der Waals surface area contributed by atoms with E-state index in [1.54, 1.807) is 0 Å². The molecule has 0 spiro atoms. The fraction of sp³-hybridized carbons (Fsp3) is 0. The van der Waals surface area contributed by atoms with Crippen molar-refractivity contribution < 1.29 is 31.0 Å². The van der Waals surface area contributed by atoms with E-state index in [0.29, 0.717) is 0 Å². The van der Waals surface area contributed by atoms with Gasteiger partial charge in [0, 0.05) is 0 Å². The van der Waals surface area contributed by atoms with Crippen molar-refractivity contribution in [2.75, 3.05) is 0 Å². The molecule has 4 heteroatoms. The van der Waals surface area contributed by atoms with E-state index in [2.05, 4.69) is 10.1 Å². The molecule has 0 saturated heterocycles. The molecule has 0 rings (SSSR count). The van der Waals surface area contributed by atoms with E-state index in [1.165, 1.54) is 0 Å². The molecule has 0 N–H and O–H groups in total. The Labute approximate surface area is 64.4 Å². The molecule has 0 atom stereocenters. The summed E-state index contributed by atoms with van der Waals surface area (Å²) >= 11 is -0.632. The van der Waals surface area contributed by atoms with Gasteiger partial charge in [0.1, 0.15) is 0 Å². The van der Waals surface area contributed by atoms with E-state index >= 15 is 0 Å². The molecule has 0 nitrogen and oxygen atoms in total. The number of halogens is 1. The molecule has 0 bridgehead atoms. The zero-order valence-electron chi connectivity index (χ0n) is 3.36. The second-order valence-electron chi connectivity index (χ2n) is 0.0891. The Balaban J connectivity index is -0.0000000200. The second kappa shape index (κ2) is 8.94. The Morgan fingerprint density at radius 3 is 2.00 bits per heavy atom. The molecular formula is HClGaNaS. The van der Waals surface area contributed by atoms with Crippen LogP contribution in [0, 0.1) is 0 Å². The SMILES string of the molecule is [H-].[Na+].[S]=[Ga][Cl]. The second-order valence-corrected chi connectivity index (χ2v) is 4.17. The first-order chi connectivity index (χ1) is 1.41. The molecule has 18 valence electrons. The first-order valence-corrected chi connectivity index (χ1v) is 7.08. The van der Waals surface area contributed by atoms with Gasteiger partial charge in [-0.25, -0.2) is 0 Å². The van der Waals surface area contributed by atoms with Gasteiger partial charge in [-0.3, -0.25) is 0 Å². The summed E-state index contributed by atoms with van der Waals surface area (Å²) in [6.45, 7) is 0. The molecule has 0 aliphatic heterocycles. The molecule has 0 radical (unpaired) electrons. The van der Waals surface area contributed by atoms with E-state index < -0.39 is 14.6 Å². The van der Waals surface area contributed by atoms with Crippen LogP contribution in [0.5, 0.6) is 0 Å². The van der Waals surface area contributed by atoms with Gasteiger partial charge >= 0.3 is 63.9 Å². The molecule has 4 heavy (non-hydrogen) atoms. The Kier molecular flexibility index (Phi) is 21.2. The van der Waals surface area contributed by atoms with Crippen molar-refractivity contribution in [3.8, 4) is 0 Å².